The van der Waals surface area contributed by atoms with Crippen LogP contribution in [0.4, 0.5) is 5.82 Å². The van der Waals surface area contributed by atoms with E-state index in [1.165, 1.54) is 5.56 Å². The number of carbonyl (C=O) groups is 1. The van der Waals surface area contributed by atoms with Crippen LogP contribution in [0.3, 0.4) is 0 Å². The lowest BCUT2D eigenvalue weighted by molar-refractivity contribution is -0.142. The molecule has 0 unspecified atom stereocenters. The molecule has 2 heterocycles. The van der Waals surface area contributed by atoms with E-state index in [1.807, 2.05) is 45.0 Å². The van der Waals surface area contributed by atoms with Crippen LogP contribution in [0.5, 0.6) is 5.75 Å². The Bertz CT molecular complexity index is 1110. The summed E-state index contributed by atoms with van der Waals surface area (Å²) in [6.45, 7) is 18.8. The zero-order chi connectivity index (χ0) is 23.9. The number of nitrogens with one attached hydrogen (secondary N) is 1. The van der Waals surface area contributed by atoms with E-state index in [-0.39, 0.29) is 16.9 Å². The third kappa shape index (κ3) is 5.70. The zero-order valence-electron chi connectivity index (χ0n) is 21.0. The van der Waals surface area contributed by atoms with Gasteiger partial charge in [0.15, 0.2) is 0 Å². The quantitative estimate of drug-likeness (QED) is 0.350. The number of hydrogen-bond acceptors (Lipinski definition) is 4. The first-order chi connectivity index (χ1) is 14.6. The Morgan fingerprint density at radius 2 is 1.62 bits per heavy atom. The average Bonchev–Trinajstić information content (AvgIpc) is 2.96. The number of pyridine rings is 1. The minimum atomic E-state index is -0.548. The van der Waals surface area contributed by atoms with E-state index in [0.29, 0.717) is 5.75 Å². The molecule has 5 heteroatoms. The fourth-order valence-electron chi connectivity index (χ4n) is 4.10. The Labute approximate surface area is 192 Å². The molecule has 32 heavy (non-hydrogen) atoms. The molecule has 172 valence electrons. The molecule has 2 aromatic heterocycles. The monoisotopic (exact) mass is 435 g/mol. The Morgan fingerprint density at radius 1 is 1.00 bits per heavy atom. The minimum absolute atomic E-state index is 0.129. The number of hydrogen-bond donors (Lipinski definition) is 1. The highest BCUT2D eigenvalue weighted by Crippen LogP contribution is 2.35. The summed E-state index contributed by atoms with van der Waals surface area (Å²) >= 11 is 0. The molecule has 3 rings (SSSR count). The summed E-state index contributed by atoms with van der Waals surface area (Å²) in [7, 11) is 0. The Morgan fingerprint density at radius 3 is 2.19 bits per heavy atom. The minimum Gasteiger partial charge on any atom is -0.426 e. The average molecular weight is 436 g/mol. The predicted octanol–water partition coefficient (Wildman–Crippen LogP) is 6.89. The summed E-state index contributed by atoms with van der Waals surface area (Å²) in [5.74, 6) is 1.25. The highest BCUT2D eigenvalue weighted by Gasteiger charge is 2.28. The van der Waals surface area contributed by atoms with Crippen LogP contribution < -0.4 is 10.1 Å². The number of anilines is 1. The number of carbonyl (C=O) groups excluding carboxylic acids is 1. The molecule has 0 aliphatic heterocycles. The first-order valence-corrected chi connectivity index (χ1v) is 11.2. The second-order valence-electron chi connectivity index (χ2n) is 11.7. The van der Waals surface area contributed by atoms with Gasteiger partial charge in [-0.3, -0.25) is 9.20 Å². The van der Waals surface area contributed by atoms with Crippen molar-refractivity contribution in [3.8, 4) is 17.0 Å². The van der Waals surface area contributed by atoms with E-state index in [9.17, 15) is 4.79 Å². The van der Waals surface area contributed by atoms with Crippen LogP contribution in [0, 0.1) is 17.8 Å². The maximum atomic E-state index is 12.2. The van der Waals surface area contributed by atoms with Crippen LogP contribution in [0.1, 0.15) is 67.4 Å². The maximum absolute atomic E-state index is 12.2. The molecule has 0 saturated carbocycles. The van der Waals surface area contributed by atoms with Crippen molar-refractivity contribution in [2.24, 2.45) is 10.8 Å². The van der Waals surface area contributed by atoms with Crippen molar-refractivity contribution in [1.82, 2.24) is 9.38 Å². The highest BCUT2D eigenvalue weighted by molar-refractivity contribution is 5.79. The van der Waals surface area contributed by atoms with Crippen molar-refractivity contribution < 1.29 is 9.53 Å². The van der Waals surface area contributed by atoms with Gasteiger partial charge in [0.2, 0.25) is 0 Å². The summed E-state index contributed by atoms with van der Waals surface area (Å²) in [6, 6.07) is 11.8. The van der Waals surface area contributed by atoms with E-state index in [1.54, 1.807) is 0 Å². The topological polar surface area (TPSA) is 55.6 Å². The van der Waals surface area contributed by atoms with Crippen molar-refractivity contribution in [2.45, 2.75) is 74.3 Å². The molecule has 0 amide bonds. The number of rotatable bonds is 5. The number of ether oxygens (including phenoxy) is 1. The Balaban J connectivity index is 2.01. The van der Waals surface area contributed by atoms with Gasteiger partial charge >= 0.3 is 5.97 Å². The molecule has 5 nitrogen and oxygen atoms in total. The molecule has 0 radical (unpaired) electrons. The van der Waals surface area contributed by atoms with Crippen LogP contribution in [-0.4, -0.2) is 20.9 Å². The number of fused-ring (bicyclic) bond motifs is 1. The number of imidazole rings is 1. The van der Waals surface area contributed by atoms with Crippen molar-refractivity contribution >= 4 is 17.4 Å². The molecule has 0 aliphatic carbocycles. The lowest BCUT2D eigenvalue weighted by atomic mass is 9.82. The van der Waals surface area contributed by atoms with Crippen LogP contribution in [0.15, 0.2) is 42.6 Å². The van der Waals surface area contributed by atoms with E-state index in [4.69, 9.17) is 9.72 Å². The summed E-state index contributed by atoms with van der Waals surface area (Å²) in [5.41, 5.74) is 3.43. The van der Waals surface area contributed by atoms with E-state index in [2.05, 4.69) is 69.6 Å². The van der Waals surface area contributed by atoms with Crippen LogP contribution in [0.2, 0.25) is 0 Å². The highest BCUT2D eigenvalue weighted by atomic mass is 16.5. The largest absolute Gasteiger partial charge is 0.426 e. The van der Waals surface area contributed by atoms with Gasteiger partial charge in [0.05, 0.1) is 5.41 Å². The van der Waals surface area contributed by atoms with Gasteiger partial charge in [-0.1, -0.05) is 20.8 Å². The molecule has 0 fully saturated rings. The lowest BCUT2D eigenvalue weighted by Crippen LogP contribution is -2.36. The van der Waals surface area contributed by atoms with Crippen molar-refractivity contribution in [2.75, 3.05) is 5.32 Å². The Kier molecular flexibility index (Phi) is 6.16. The van der Waals surface area contributed by atoms with Crippen molar-refractivity contribution in [3.05, 3.63) is 48.2 Å². The van der Waals surface area contributed by atoms with E-state index in [0.717, 1.165) is 29.1 Å². The fraction of sp³-hybridized carbons (Fsp3) is 0.481. The normalized spacial score (nSPS) is 12.8. The molecule has 3 aromatic rings. The number of nitrogens with zero attached hydrogens (tertiary/aromatic N) is 2. The summed E-state index contributed by atoms with van der Waals surface area (Å²) in [4.78, 5) is 17.2. The second-order valence-corrected chi connectivity index (χ2v) is 11.7. The molecule has 1 aromatic carbocycles. The van der Waals surface area contributed by atoms with Gasteiger partial charge in [0, 0.05) is 17.3 Å². The molecule has 1 N–H and O–H groups in total. The van der Waals surface area contributed by atoms with Gasteiger partial charge in [-0.15, -0.1) is 0 Å². The van der Waals surface area contributed by atoms with Crippen molar-refractivity contribution in [1.29, 1.82) is 0 Å². The molecular weight excluding hydrogens is 398 g/mol. The Hall–Kier alpha value is -2.82. The van der Waals surface area contributed by atoms with Crippen LogP contribution in [0.25, 0.3) is 16.9 Å². The number of aromatic nitrogens is 2. The molecule has 0 atom stereocenters. The fourth-order valence-corrected chi connectivity index (χ4v) is 4.10. The standard InChI is InChI=1S/C27H37N3O2/c1-18-14-15-30-21(16-18)28-22(23(30)29-27(8,9)17-25(2,3)4)19-10-12-20(13-11-19)32-24(31)26(5,6)7/h10-16,29H,17H2,1-9H3. The smallest absolute Gasteiger partial charge is 0.316 e. The van der Waals surface area contributed by atoms with Gasteiger partial charge < -0.3 is 10.1 Å². The molecule has 0 spiro atoms. The summed E-state index contributed by atoms with van der Waals surface area (Å²) in [5, 5.41) is 3.77. The molecule has 0 bridgehead atoms. The first kappa shape index (κ1) is 23.8. The van der Waals surface area contributed by atoms with Gasteiger partial charge in [-0.25, -0.2) is 4.98 Å². The molecular formula is C27H37N3O2. The van der Waals surface area contributed by atoms with Gasteiger partial charge in [-0.05, 0) is 95.3 Å². The maximum Gasteiger partial charge on any atom is 0.316 e. The SMILES string of the molecule is Cc1ccn2c(NC(C)(C)CC(C)(C)C)c(-c3ccc(OC(=O)C(C)(C)C)cc3)nc2c1. The third-order valence-electron chi connectivity index (χ3n) is 5.16. The van der Waals surface area contributed by atoms with Crippen molar-refractivity contribution in [3.63, 3.8) is 0 Å². The second kappa shape index (κ2) is 8.27. The lowest BCUT2D eigenvalue weighted by Gasteiger charge is -2.34. The van der Waals surface area contributed by atoms with E-state index < -0.39 is 5.41 Å². The van der Waals surface area contributed by atoms with Crippen LogP contribution >= 0.6 is 0 Å². The predicted molar refractivity (Wildman–Crippen MR) is 132 cm³/mol. The van der Waals surface area contributed by atoms with Gasteiger partial charge in [0.25, 0.3) is 0 Å². The molecule has 0 aliphatic rings. The number of aryl methyl sites for hydroxylation is 1. The first-order valence-electron chi connectivity index (χ1n) is 11.2. The van der Waals surface area contributed by atoms with Gasteiger partial charge in [0.1, 0.15) is 22.9 Å². The number of esters is 1. The summed E-state index contributed by atoms with van der Waals surface area (Å²) in [6.07, 6.45) is 3.07. The third-order valence-corrected chi connectivity index (χ3v) is 5.16. The summed E-state index contributed by atoms with van der Waals surface area (Å²) < 4.78 is 7.64. The van der Waals surface area contributed by atoms with E-state index >= 15 is 0 Å². The van der Waals surface area contributed by atoms with Gasteiger partial charge in [-0.2, -0.15) is 0 Å². The van der Waals surface area contributed by atoms with Crippen LogP contribution in [-0.2, 0) is 4.79 Å². The zero-order valence-corrected chi connectivity index (χ0v) is 21.0. The molecule has 0 saturated heterocycles. The number of benzene rings is 1.